The van der Waals surface area contributed by atoms with E-state index in [2.05, 4.69) is 12.2 Å². The number of carbonyl (C=O) groups is 1. The van der Waals surface area contributed by atoms with Crippen LogP contribution in [0.25, 0.3) is 0 Å². The second-order valence-corrected chi connectivity index (χ2v) is 10.3. The Morgan fingerprint density at radius 3 is 2.45 bits per heavy atom. The van der Waals surface area contributed by atoms with Gasteiger partial charge < -0.3 is 19.5 Å². The van der Waals surface area contributed by atoms with Crippen LogP contribution < -0.4 is 23.8 Å². The highest BCUT2D eigenvalue weighted by Gasteiger charge is 2.30. The molecule has 8 nitrogen and oxygen atoms in total. The van der Waals surface area contributed by atoms with Crippen LogP contribution in [-0.2, 0) is 14.8 Å². The van der Waals surface area contributed by atoms with Crippen molar-refractivity contribution in [1.82, 2.24) is 5.32 Å². The minimum atomic E-state index is -4.06. The minimum absolute atomic E-state index is 0.0291. The first-order valence-electron chi connectivity index (χ1n) is 11.2. The molecule has 33 heavy (non-hydrogen) atoms. The number of ether oxygens (including phenoxy) is 3. The van der Waals surface area contributed by atoms with Crippen molar-refractivity contribution in [2.24, 2.45) is 5.92 Å². The summed E-state index contributed by atoms with van der Waals surface area (Å²) in [6.07, 6.45) is 4.18. The highest BCUT2D eigenvalue weighted by atomic mass is 32.2. The van der Waals surface area contributed by atoms with Crippen LogP contribution >= 0.6 is 0 Å². The van der Waals surface area contributed by atoms with E-state index in [9.17, 15) is 13.2 Å². The standard InChI is InChI=1S/C24H30N2O6S/c1-17-5-3-4-6-21(17)25-24(27)16-26(18-7-9-19(30-2)10-8-18)33(28,29)20-11-12-22-23(15-20)32-14-13-31-22/h7-12,15,17,21H,3-6,13-14,16H2,1-2H3,(H,25,27). The van der Waals surface area contributed by atoms with E-state index in [-0.39, 0.29) is 23.4 Å². The lowest BCUT2D eigenvalue weighted by Gasteiger charge is -2.31. The van der Waals surface area contributed by atoms with Gasteiger partial charge in [-0.05, 0) is 55.2 Å². The molecule has 1 heterocycles. The monoisotopic (exact) mass is 474 g/mol. The Balaban J connectivity index is 1.63. The molecule has 4 rings (SSSR count). The molecule has 0 saturated heterocycles. The maximum atomic E-state index is 13.7. The third-order valence-corrected chi connectivity index (χ3v) is 7.98. The Labute approximate surface area is 194 Å². The number of rotatable bonds is 7. The zero-order valence-corrected chi connectivity index (χ0v) is 19.8. The van der Waals surface area contributed by atoms with E-state index in [1.807, 2.05) is 0 Å². The smallest absolute Gasteiger partial charge is 0.264 e. The van der Waals surface area contributed by atoms with E-state index < -0.39 is 10.0 Å². The average Bonchev–Trinajstić information content (AvgIpc) is 2.83. The van der Waals surface area contributed by atoms with Crippen LogP contribution in [0.3, 0.4) is 0 Å². The van der Waals surface area contributed by atoms with Crippen LogP contribution in [0.2, 0.25) is 0 Å². The van der Waals surface area contributed by atoms with E-state index in [0.717, 1.165) is 30.0 Å². The lowest BCUT2D eigenvalue weighted by Crippen LogP contribution is -2.47. The van der Waals surface area contributed by atoms with E-state index >= 15 is 0 Å². The van der Waals surface area contributed by atoms with Crippen LogP contribution in [0, 0.1) is 5.92 Å². The molecule has 9 heteroatoms. The summed E-state index contributed by atoms with van der Waals surface area (Å²) in [7, 11) is -2.52. The number of sulfonamides is 1. The number of fused-ring (bicyclic) bond motifs is 1. The molecule has 1 fully saturated rings. The second kappa shape index (κ2) is 9.91. The maximum Gasteiger partial charge on any atom is 0.264 e. The van der Waals surface area contributed by atoms with Crippen molar-refractivity contribution in [2.75, 3.05) is 31.2 Å². The number of methoxy groups -OCH3 is 1. The molecule has 1 N–H and O–H groups in total. The third kappa shape index (κ3) is 5.19. The number of anilines is 1. The SMILES string of the molecule is COc1ccc(N(CC(=O)NC2CCCCC2C)S(=O)(=O)c2ccc3c(c2)OCCO3)cc1. The van der Waals surface area contributed by atoms with Crippen molar-refractivity contribution in [3.8, 4) is 17.2 Å². The summed E-state index contributed by atoms with van der Waals surface area (Å²) in [6, 6.07) is 11.2. The fourth-order valence-electron chi connectivity index (χ4n) is 4.29. The zero-order valence-electron chi connectivity index (χ0n) is 19.0. The van der Waals surface area contributed by atoms with Crippen LogP contribution in [0.1, 0.15) is 32.6 Å². The van der Waals surface area contributed by atoms with Gasteiger partial charge in [-0.25, -0.2) is 8.42 Å². The first-order valence-corrected chi connectivity index (χ1v) is 12.7. The van der Waals surface area contributed by atoms with Gasteiger partial charge in [-0.15, -0.1) is 0 Å². The largest absolute Gasteiger partial charge is 0.497 e. The average molecular weight is 475 g/mol. The molecule has 1 aliphatic carbocycles. The number of hydrogen-bond acceptors (Lipinski definition) is 6. The molecule has 2 atom stereocenters. The first kappa shape index (κ1) is 23.2. The third-order valence-electron chi connectivity index (χ3n) is 6.21. The van der Waals surface area contributed by atoms with E-state index in [1.54, 1.807) is 30.3 Å². The fourth-order valence-corrected chi connectivity index (χ4v) is 5.73. The van der Waals surface area contributed by atoms with E-state index in [4.69, 9.17) is 14.2 Å². The Morgan fingerprint density at radius 2 is 1.76 bits per heavy atom. The summed E-state index contributed by atoms with van der Waals surface area (Å²) in [5, 5.41) is 3.05. The zero-order chi connectivity index (χ0) is 23.4. The molecule has 0 radical (unpaired) electrons. The van der Waals surface area contributed by atoms with Gasteiger partial charge in [-0.1, -0.05) is 19.8 Å². The Bertz CT molecular complexity index is 1090. The number of nitrogens with zero attached hydrogens (tertiary/aromatic N) is 1. The van der Waals surface area contributed by atoms with Crippen LogP contribution in [0.15, 0.2) is 47.4 Å². The van der Waals surface area contributed by atoms with Crippen molar-refractivity contribution in [2.45, 2.75) is 43.5 Å². The molecule has 2 aromatic carbocycles. The molecule has 0 aromatic heterocycles. The van der Waals surface area contributed by atoms with Gasteiger partial charge in [-0.3, -0.25) is 9.10 Å². The molecule has 0 spiro atoms. The van der Waals surface area contributed by atoms with Crippen molar-refractivity contribution in [3.05, 3.63) is 42.5 Å². The number of nitrogens with one attached hydrogen (secondary N) is 1. The summed E-state index contributed by atoms with van der Waals surface area (Å²) in [4.78, 5) is 13.0. The number of carbonyl (C=O) groups excluding carboxylic acids is 1. The molecule has 1 saturated carbocycles. The molecule has 0 bridgehead atoms. The normalized spacial score (nSPS) is 20.1. The number of amides is 1. The quantitative estimate of drug-likeness (QED) is 0.661. The molecule has 178 valence electrons. The highest BCUT2D eigenvalue weighted by molar-refractivity contribution is 7.92. The van der Waals surface area contributed by atoms with Crippen molar-refractivity contribution in [1.29, 1.82) is 0 Å². The molecular formula is C24H30N2O6S. The topological polar surface area (TPSA) is 94.2 Å². The van der Waals surface area contributed by atoms with E-state index in [0.29, 0.717) is 42.1 Å². The van der Waals surface area contributed by atoms with Crippen molar-refractivity contribution >= 4 is 21.6 Å². The number of benzene rings is 2. The van der Waals surface area contributed by atoms with E-state index in [1.165, 1.54) is 19.2 Å². The molecule has 2 aromatic rings. The van der Waals surface area contributed by atoms with Gasteiger partial charge in [0.1, 0.15) is 25.5 Å². The lowest BCUT2D eigenvalue weighted by atomic mass is 9.86. The number of hydrogen-bond donors (Lipinski definition) is 1. The van der Waals surface area contributed by atoms with Gasteiger partial charge >= 0.3 is 0 Å². The van der Waals surface area contributed by atoms with Gasteiger partial charge in [0.25, 0.3) is 10.0 Å². The van der Waals surface area contributed by atoms with Gasteiger partial charge in [0.2, 0.25) is 5.91 Å². The Kier molecular flexibility index (Phi) is 6.97. The summed E-state index contributed by atoms with van der Waals surface area (Å²) in [6.45, 7) is 2.56. The summed E-state index contributed by atoms with van der Waals surface area (Å²) < 4.78 is 44.8. The first-order chi connectivity index (χ1) is 15.9. The van der Waals surface area contributed by atoms with Crippen molar-refractivity contribution in [3.63, 3.8) is 0 Å². The van der Waals surface area contributed by atoms with Gasteiger partial charge in [0.05, 0.1) is 17.7 Å². The van der Waals surface area contributed by atoms with Crippen LogP contribution in [0.4, 0.5) is 5.69 Å². The molecule has 1 aliphatic heterocycles. The van der Waals surface area contributed by atoms with Gasteiger partial charge in [0, 0.05) is 12.1 Å². The Morgan fingerprint density at radius 1 is 1.06 bits per heavy atom. The van der Waals surface area contributed by atoms with Gasteiger partial charge in [0.15, 0.2) is 11.5 Å². The summed E-state index contributed by atoms with van der Waals surface area (Å²) >= 11 is 0. The maximum absolute atomic E-state index is 13.7. The van der Waals surface area contributed by atoms with Gasteiger partial charge in [-0.2, -0.15) is 0 Å². The van der Waals surface area contributed by atoms with Crippen LogP contribution in [-0.4, -0.2) is 47.2 Å². The highest BCUT2D eigenvalue weighted by Crippen LogP contribution is 2.34. The minimum Gasteiger partial charge on any atom is -0.497 e. The molecular weight excluding hydrogens is 444 g/mol. The lowest BCUT2D eigenvalue weighted by molar-refractivity contribution is -0.120. The fraction of sp³-hybridized carbons (Fsp3) is 0.458. The molecule has 2 unspecified atom stereocenters. The second-order valence-electron chi connectivity index (χ2n) is 8.45. The molecule has 1 amide bonds. The van der Waals surface area contributed by atoms with Crippen LogP contribution in [0.5, 0.6) is 17.2 Å². The predicted molar refractivity (Wildman–Crippen MR) is 125 cm³/mol. The summed E-state index contributed by atoms with van der Waals surface area (Å²) in [5.41, 5.74) is 0.373. The predicted octanol–water partition coefficient (Wildman–Crippen LogP) is 3.36. The molecule has 2 aliphatic rings. The van der Waals surface area contributed by atoms with Crippen molar-refractivity contribution < 1.29 is 27.4 Å². The Hall–Kier alpha value is -2.94. The summed E-state index contributed by atoms with van der Waals surface area (Å²) in [5.74, 6) is 1.51.